The third-order valence-corrected chi connectivity index (χ3v) is 2.88. The number of hydrogen-bond donors (Lipinski definition) is 1. The Bertz CT molecular complexity index is 648. The predicted octanol–water partition coefficient (Wildman–Crippen LogP) is 3.40. The van der Waals surface area contributed by atoms with E-state index in [9.17, 15) is 4.79 Å². The molecule has 1 aromatic heterocycles. The lowest BCUT2D eigenvalue weighted by atomic mass is 10.2. The number of amides is 1. The molecular weight excluding hydrogens is 274 g/mol. The number of nitrogens with zero attached hydrogens (tertiary/aromatic N) is 2. The summed E-state index contributed by atoms with van der Waals surface area (Å²) in [7, 11) is 0. The summed E-state index contributed by atoms with van der Waals surface area (Å²) in [4.78, 5) is 20.1. The van der Waals surface area contributed by atoms with Crippen LogP contribution in [0.15, 0.2) is 36.4 Å². The van der Waals surface area contributed by atoms with E-state index in [2.05, 4.69) is 15.3 Å². The Labute approximate surface area is 122 Å². The third kappa shape index (κ3) is 3.90. The predicted molar refractivity (Wildman–Crippen MR) is 80.6 cm³/mol. The van der Waals surface area contributed by atoms with E-state index >= 15 is 0 Å². The van der Waals surface area contributed by atoms with Crippen LogP contribution in [0.4, 0.5) is 5.95 Å². The van der Waals surface area contributed by atoms with Gasteiger partial charge in [0.2, 0.25) is 5.95 Å². The van der Waals surface area contributed by atoms with Crippen molar-refractivity contribution in [2.75, 3.05) is 5.32 Å². The Balaban J connectivity index is 2.07. The molecule has 0 atom stereocenters. The first-order valence-corrected chi connectivity index (χ1v) is 6.48. The van der Waals surface area contributed by atoms with Gasteiger partial charge in [-0.3, -0.25) is 10.1 Å². The highest BCUT2D eigenvalue weighted by Gasteiger charge is 2.03. The fourth-order valence-corrected chi connectivity index (χ4v) is 1.91. The van der Waals surface area contributed by atoms with Gasteiger partial charge in [-0.2, -0.15) is 0 Å². The number of carbonyl (C=O) groups excluding carboxylic acids is 1. The van der Waals surface area contributed by atoms with Crippen LogP contribution in [0.2, 0.25) is 5.02 Å². The SMILES string of the molecule is Cc1cc(C)nc(NC(=O)C=Cc2ccccc2Cl)n1. The van der Waals surface area contributed by atoms with E-state index < -0.39 is 0 Å². The molecule has 0 saturated heterocycles. The van der Waals surface area contributed by atoms with Gasteiger partial charge < -0.3 is 0 Å². The second-order valence-corrected chi connectivity index (χ2v) is 4.73. The molecule has 2 aromatic rings. The highest BCUT2D eigenvalue weighted by Crippen LogP contribution is 2.16. The van der Waals surface area contributed by atoms with Gasteiger partial charge in [0.05, 0.1) is 0 Å². The second kappa shape index (κ2) is 6.30. The van der Waals surface area contributed by atoms with E-state index in [1.807, 2.05) is 38.1 Å². The topological polar surface area (TPSA) is 54.9 Å². The first-order chi connectivity index (χ1) is 9.54. The van der Waals surface area contributed by atoms with Crippen LogP contribution in [-0.4, -0.2) is 15.9 Å². The zero-order valence-corrected chi connectivity index (χ0v) is 12.0. The number of anilines is 1. The van der Waals surface area contributed by atoms with Gasteiger partial charge in [-0.15, -0.1) is 0 Å². The number of halogens is 1. The molecule has 1 N–H and O–H groups in total. The Hall–Kier alpha value is -2.20. The molecule has 2 rings (SSSR count). The van der Waals surface area contributed by atoms with Crippen molar-refractivity contribution in [3.63, 3.8) is 0 Å². The Morgan fingerprint density at radius 3 is 2.50 bits per heavy atom. The zero-order chi connectivity index (χ0) is 14.5. The molecule has 1 heterocycles. The molecule has 0 fully saturated rings. The molecule has 0 aliphatic carbocycles. The first-order valence-electron chi connectivity index (χ1n) is 6.10. The average Bonchev–Trinajstić information content (AvgIpc) is 2.36. The van der Waals surface area contributed by atoms with Crippen LogP contribution >= 0.6 is 11.6 Å². The smallest absolute Gasteiger partial charge is 0.250 e. The Kier molecular flexibility index (Phi) is 4.48. The molecule has 1 aromatic carbocycles. The molecule has 1 amide bonds. The highest BCUT2D eigenvalue weighted by atomic mass is 35.5. The number of nitrogens with one attached hydrogen (secondary N) is 1. The lowest BCUT2D eigenvalue weighted by Crippen LogP contribution is -2.11. The van der Waals surface area contributed by atoms with Gasteiger partial charge in [-0.05, 0) is 37.6 Å². The van der Waals surface area contributed by atoms with Crippen molar-refractivity contribution in [1.82, 2.24) is 9.97 Å². The largest absolute Gasteiger partial charge is 0.291 e. The lowest BCUT2D eigenvalue weighted by Gasteiger charge is -2.03. The van der Waals surface area contributed by atoms with E-state index in [0.29, 0.717) is 11.0 Å². The van der Waals surface area contributed by atoms with Gasteiger partial charge in [-0.25, -0.2) is 9.97 Å². The van der Waals surface area contributed by atoms with Crippen molar-refractivity contribution in [1.29, 1.82) is 0 Å². The average molecular weight is 288 g/mol. The zero-order valence-electron chi connectivity index (χ0n) is 11.2. The van der Waals surface area contributed by atoms with Gasteiger partial charge in [0.25, 0.3) is 5.91 Å². The van der Waals surface area contributed by atoms with Crippen molar-refractivity contribution < 1.29 is 4.79 Å². The minimum Gasteiger partial charge on any atom is -0.291 e. The molecule has 0 bridgehead atoms. The molecule has 0 aliphatic heterocycles. The van der Waals surface area contributed by atoms with Gasteiger partial charge in [-0.1, -0.05) is 29.8 Å². The van der Waals surface area contributed by atoms with Crippen molar-refractivity contribution in [2.45, 2.75) is 13.8 Å². The van der Waals surface area contributed by atoms with Gasteiger partial charge >= 0.3 is 0 Å². The molecule has 0 spiro atoms. The van der Waals surface area contributed by atoms with Crippen LogP contribution in [0.5, 0.6) is 0 Å². The Morgan fingerprint density at radius 2 is 1.85 bits per heavy atom. The van der Waals surface area contributed by atoms with Crippen LogP contribution in [0, 0.1) is 13.8 Å². The quantitative estimate of drug-likeness (QED) is 0.880. The molecule has 5 heteroatoms. The highest BCUT2D eigenvalue weighted by molar-refractivity contribution is 6.32. The summed E-state index contributed by atoms with van der Waals surface area (Å²) >= 11 is 6.00. The summed E-state index contributed by atoms with van der Waals surface area (Å²) in [6.45, 7) is 3.70. The van der Waals surface area contributed by atoms with Crippen molar-refractivity contribution in [3.05, 3.63) is 58.4 Å². The maximum Gasteiger partial charge on any atom is 0.250 e. The van der Waals surface area contributed by atoms with Crippen LogP contribution in [0.1, 0.15) is 17.0 Å². The fraction of sp³-hybridized carbons (Fsp3) is 0.133. The molecule has 20 heavy (non-hydrogen) atoms. The fourth-order valence-electron chi connectivity index (χ4n) is 1.71. The van der Waals surface area contributed by atoms with Gasteiger partial charge in [0, 0.05) is 22.5 Å². The van der Waals surface area contributed by atoms with E-state index in [1.54, 1.807) is 12.1 Å². The summed E-state index contributed by atoms with van der Waals surface area (Å²) in [6, 6.07) is 9.14. The summed E-state index contributed by atoms with van der Waals surface area (Å²) < 4.78 is 0. The number of aromatic nitrogens is 2. The number of aryl methyl sites for hydroxylation is 2. The van der Waals surface area contributed by atoms with Crippen molar-refractivity contribution in [3.8, 4) is 0 Å². The molecule has 102 valence electrons. The molecule has 0 aliphatic rings. The van der Waals surface area contributed by atoms with Crippen LogP contribution in [0.25, 0.3) is 6.08 Å². The van der Waals surface area contributed by atoms with E-state index in [0.717, 1.165) is 17.0 Å². The second-order valence-electron chi connectivity index (χ2n) is 4.32. The monoisotopic (exact) mass is 287 g/mol. The number of benzene rings is 1. The van der Waals surface area contributed by atoms with E-state index in [-0.39, 0.29) is 5.91 Å². The third-order valence-electron chi connectivity index (χ3n) is 2.54. The van der Waals surface area contributed by atoms with Gasteiger partial charge in [0.15, 0.2) is 0 Å². The van der Waals surface area contributed by atoms with E-state index in [1.165, 1.54) is 6.08 Å². The first kappa shape index (κ1) is 14.2. The molecule has 0 unspecified atom stereocenters. The minimum absolute atomic E-state index is 0.296. The number of carbonyl (C=O) groups is 1. The minimum atomic E-state index is -0.296. The molecule has 4 nitrogen and oxygen atoms in total. The maximum atomic E-state index is 11.8. The van der Waals surface area contributed by atoms with E-state index in [4.69, 9.17) is 11.6 Å². The summed E-state index contributed by atoms with van der Waals surface area (Å²) in [5.41, 5.74) is 2.40. The Morgan fingerprint density at radius 1 is 1.20 bits per heavy atom. The summed E-state index contributed by atoms with van der Waals surface area (Å²) in [6.07, 6.45) is 3.06. The molecule has 0 saturated carbocycles. The van der Waals surface area contributed by atoms with Crippen LogP contribution in [-0.2, 0) is 4.79 Å². The maximum absolute atomic E-state index is 11.8. The van der Waals surface area contributed by atoms with Crippen molar-refractivity contribution in [2.24, 2.45) is 0 Å². The normalized spacial score (nSPS) is 10.8. The molecule has 0 radical (unpaired) electrons. The van der Waals surface area contributed by atoms with Crippen LogP contribution < -0.4 is 5.32 Å². The van der Waals surface area contributed by atoms with Gasteiger partial charge in [0.1, 0.15) is 0 Å². The van der Waals surface area contributed by atoms with Crippen molar-refractivity contribution >= 4 is 29.5 Å². The number of hydrogen-bond acceptors (Lipinski definition) is 3. The summed E-state index contributed by atoms with van der Waals surface area (Å²) in [5.74, 6) is 0.00577. The molecular formula is C15H14ClN3O. The summed E-state index contributed by atoms with van der Waals surface area (Å²) in [5, 5.41) is 3.22. The van der Waals surface area contributed by atoms with Crippen LogP contribution in [0.3, 0.4) is 0 Å². The lowest BCUT2D eigenvalue weighted by molar-refractivity contribution is -0.111. The standard InChI is InChI=1S/C15H14ClN3O/c1-10-9-11(2)18-15(17-10)19-14(20)8-7-12-5-3-4-6-13(12)16/h3-9H,1-2H3,(H,17,18,19,20). The number of rotatable bonds is 3.